The number of hydrogen-bond donors (Lipinski definition) is 2. The van der Waals surface area contributed by atoms with Gasteiger partial charge in [0.2, 0.25) is 0 Å². The summed E-state index contributed by atoms with van der Waals surface area (Å²) in [6.45, 7) is 0. The summed E-state index contributed by atoms with van der Waals surface area (Å²) in [5, 5.41) is 5.29. The van der Waals surface area contributed by atoms with E-state index in [2.05, 4.69) is 20.6 Å². The number of hydrogen-bond acceptors (Lipinski definition) is 4. The van der Waals surface area contributed by atoms with E-state index in [9.17, 15) is 9.59 Å². The Bertz CT molecular complexity index is 876. The number of amides is 2. The van der Waals surface area contributed by atoms with Crippen molar-refractivity contribution in [2.45, 2.75) is 0 Å². The zero-order valence-corrected chi connectivity index (χ0v) is 13.6. The number of nitrogens with one attached hydrogen (secondary N) is 2. The fourth-order valence-corrected chi connectivity index (χ4v) is 2.23. The fraction of sp³-hybridized carbons (Fsp3) is 0.0526. The molecule has 0 aliphatic carbocycles. The summed E-state index contributed by atoms with van der Waals surface area (Å²) in [6.07, 6.45) is 2.98. The van der Waals surface area contributed by atoms with Gasteiger partial charge in [0.05, 0.1) is 5.56 Å². The third kappa shape index (κ3) is 3.87. The smallest absolute Gasteiger partial charge is 0.258 e. The number of anilines is 1. The Balaban J connectivity index is 1.70. The standard InChI is InChI=1S/C19H16N4O2/c1-20-18(24)14-7-9-16(10-8-14)23-19(25)15-11-21-17(22-12-15)13-5-3-2-4-6-13/h2-12H,1H3,(H,20,24)(H,23,25). The molecule has 2 amide bonds. The van der Waals surface area contributed by atoms with Gasteiger partial charge in [0.1, 0.15) is 0 Å². The number of aromatic nitrogens is 2. The monoisotopic (exact) mass is 332 g/mol. The van der Waals surface area contributed by atoms with Crippen LogP contribution in [0.15, 0.2) is 67.0 Å². The molecule has 0 unspecified atom stereocenters. The van der Waals surface area contributed by atoms with Crippen LogP contribution in [0.3, 0.4) is 0 Å². The molecule has 0 saturated carbocycles. The first kappa shape index (κ1) is 16.3. The van der Waals surface area contributed by atoms with Crippen LogP contribution in [0.2, 0.25) is 0 Å². The van der Waals surface area contributed by atoms with Gasteiger partial charge in [-0.05, 0) is 24.3 Å². The highest BCUT2D eigenvalue weighted by atomic mass is 16.2. The van der Waals surface area contributed by atoms with Crippen LogP contribution in [0.4, 0.5) is 5.69 Å². The van der Waals surface area contributed by atoms with E-state index in [0.717, 1.165) is 5.56 Å². The molecule has 0 radical (unpaired) electrons. The summed E-state index contributed by atoms with van der Waals surface area (Å²) in [7, 11) is 1.57. The third-order valence-electron chi connectivity index (χ3n) is 3.58. The molecule has 3 aromatic rings. The Morgan fingerprint density at radius 3 is 2.04 bits per heavy atom. The molecule has 3 rings (SSSR count). The highest BCUT2D eigenvalue weighted by Crippen LogP contribution is 2.14. The summed E-state index contributed by atoms with van der Waals surface area (Å²) in [6, 6.07) is 16.2. The molecule has 6 heteroatoms. The molecule has 0 spiro atoms. The van der Waals surface area contributed by atoms with Crippen molar-refractivity contribution in [3.63, 3.8) is 0 Å². The number of benzene rings is 2. The first-order valence-electron chi connectivity index (χ1n) is 7.68. The van der Waals surface area contributed by atoms with Crippen LogP contribution >= 0.6 is 0 Å². The second kappa shape index (κ2) is 7.35. The molecule has 2 aromatic carbocycles. The zero-order chi connectivity index (χ0) is 17.6. The zero-order valence-electron chi connectivity index (χ0n) is 13.6. The van der Waals surface area contributed by atoms with Crippen LogP contribution in [-0.2, 0) is 0 Å². The van der Waals surface area contributed by atoms with E-state index in [0.29, 0.717) is 22.6 Å². The van der Waals surface area contributed by atoms with Crippen molar-refractivity contribution < 1.29 is 9.59 Å². The van der Waals surface area contributed by atoms with Gasteiger partial charge in [-0.2, -0.15) is 0 Å². The molecule has 0 aliphatic heterocycles. The van der Waals surface area contributed by atoms with Gasteiger partial charge in [-0.3, -0.25) is 9.59 Å². The van der Waals surface area contributed by atoms with Gasteiger partial charge in [-0.15, -0.1) is 0 Å². The van der Waals surface area contributed by atoms with Crippen molar-refractivity contribution in [2.75, 3.05) is 12.4 Å². The molecule has 1 heterocycles. The molecule has 0 aliphatic rings. The highest BCUT2D eigenvalue weighted by Gasteiger charge is 2.09. The lowest BCUT2D eigenvalue weighted by Gasteiger charge is -2.06. The molecule has 0 fully saturated rings. The summed E-state index contributed by atoms with van der Waals surface area (Å²) >= 11 is 0. The van der Waals surface area contributed by atoms with Gasteiger partial charge < -0.3 is 10.6 Å². The number of nitrogens with zero attached hydrogens (tertiary/aromatic N) is 2. The van der Waals surface area contributed by atoms with E-state index in [1.807, 2.05) is 30.3 Å². The number of carbonyl (C=O) groups excluding carboxylic acids is 2. The summed E-state index contributed by atoms with van der Waals surface area (Å²) in [5.74, 6) is 0.0714. The van der Waals surface area contributed by atoms with Crippen molar-refractivity contribution in [3.8, 4) is 11.4 Å². The van der Waals surface area contributed by atoms with E-state index in [-0.39, 0.29) is 11.8 Å². The summed E-state index contributed by atoms with van der Waals surface area (Å²) < 4.78 is 0. The second-order valence-corrected chi connectivity index (χ2v) is 5.27. The van der Waals surface area contributed by atoms with E-state index >= 15 is 0 Å². The Morgan fingerprint density at radius 1 is 0.800 bits per heavy atom. The molecule has 124 valence electrons. The van der Waals surface area contributed by atoms with Crippen LogP contribution < -0.4 is 10.6 Å². The second-order valence-electron chi connectivity index (χ2n) is 5.27. The quantitative estimate of drug-likeness (QED) is 0.769. The first-order valence-corrected chi connectivity index (χ1v) is 7.68. The minimum atomic E-state index is -0.313. The highest BCUT2D eigenvalue weighted by molar-refractivity contribution is 6.04. The number of rotatable bonds is 4. The van der Waals surface area contributed by atoms with Crippen LogP contribution in [-0.4, -0.2) is 28.8 Å². The minimum absolute atomic E-state index is 0.178. The van der Waals surface area contributed by atoms with Gasteiger partial charge >= 0.3 is 0 Å². The normalized spacial score (nSPS) is 10.1. The van der Waals surface area contributed by atoms with E-state index in [1.165, 1.54) is 12.4 Å². The number of carbonyl (C=O) groups is 2. The van der Waals surface area contributed by atoms with Crippen LogP contribution in [0.1, 0.15) is 20.7 Å². The van der Waals surface area contributed by atoms with Gasteiger partial charge in [-0.1, -0.05) is 30.3 Å². The lowest BCUT2D eigenvalue weighted by Crippen LogP contribution is -2.18. The Kier molecular flexibility index (Phi) is 4.80. The SMILES string of the molecule is CNC(=O)c1ccc(NC(=O)c2cnc(-c3ccccc3)nc2)cc1. The van der Waals surface area contributed by atoms with Crippen molar-refractivity contribution in [3.05, 3.63) is 78.1 Å². The summed E-state index contributed by atoms with van der Waals surface area (Å²) in [4.78, 5) is 32.2. The van der Waals surface area contributed by atoms with Crippen LogP contribution in [0.5, 0.6) is 0 Å². The average Bonchev–Trinajstić information content (AvgIpc) is 2.68. The van der Waals surface area contributed by atoms with Crippen molar-refractivity contribution in [1.29, 1.82) is 0 Å². The van der Waals surface area contributed by atoms with Gasteiger partial charge in [-0.25, -0.2) is 9.97 Å². The van der Waals surface area contributed by atoms with Gasteiger partial charge in [0.15, 0.2) is 5.82 Å². The molecule has 0 atom stereocenters. The molecule has 25 heavy (non-hydrogen) atoms. The van der Waals surface area contributed by atoms with E-state index in [1.54, 1.807) is 31.3 Å². The minimum Gasteiger partial charge on any atom is -0.355 e. The lowest BCUT2D eigenvalue weighted by atomic mass is 10.2. The molecule has 6 nitrogen and oxygen atoms in total. The molecular weight excluding hydrogens is 316 g/mol. The van der Waals surface area contributed by atoms with Gasteiger partial charge in [0.25, 0.3) is 11.8 Å². The van der Waals surface area contributed by atoms with E-state index in [4.69, 9.17) is 0 Å². The van der Waals surface area contributed by atoms with Crippen molar-refractivity contribution in [2.24, 2.45) is 0 Å². The Labute approximate surface area is 145 Å². The first-order chi connectivity index (χ1) is 12.2. The molecule has 0 bridgehead atoms. The largest absolute Gasteiger partial charge is 0.355 e. The Morgan fingerprint density at radius 2 is 1.44 bits per heavy atom. The maximum Gasteiger partial charge on any atom is 0.258 e. The van der Waals surface area contributed by atoms with Crippen molar-refractivity contribution in [1.82, 2.24) is 15.3 Å². The van der Waals surface area contributed by atoms with Gasteiger partial charge in [0, 0.05) is 36.3 Å². The topological polar surface area (TPSA) is 84.0 Å². The predicted molar refractivity (Wildman–Crippen MR) is 95.3 cm³/mol. The molecule has 2 N–H and O–H groups in total. The lowest BCUT2D eigenvalue weighted by molar-refractivity contribution is 0.0962. The van der Waals surface area contributed by atoms with Crippen LogP contribution in [0.25, 0.3) is 11.4 Å². The predicted octanol–water partition coefficient (Wildman–Crippen LogP) is 2.76. The van der Waals surface area contributed by atoms with Crippen molar-refractivity contribution >= 4 is 17.5 Å². The summed E-state index contributed by atoms with van der Waals surface area (Å²) in [5.41, 5.74) is 2.36. The maximum absolute atomic E-state index is 12.3. The average molecular weight is 332 g/mol. The van der Waals surface area contributed by atoms with Crippen LogP contribution in [0, 0.1) is 0 Å². The third-order valence-corrected chi connectivity index (χ3v) is 3.58. The Hall–Kier alpha value is -3.54. The molecular formula is C19H16N4O2. The molecule has 0 saturated heterocycles. The maximum atomic E-state index is 12.3. The van der Waals surface area contributed by atoms with E-state index < -0.39 is 0 Å². The molecule has 1 aromatic heterocycles. The fourth-order valence-electron chi connectivity index (χ4n) is 2.23.